The molecule has 0 fully saturated rings. The van der Waals surface area contributed by atoms with E-state index in [1.54, 1.807) is 18.4 Å². The lowest BCUT2D eigenvalue weighted by Gasteiger charge is -2.01. The highest BCUT2D eigenvalue weighted by Gasteiger charge is 2.19. The van der Waals surface area contributed by atoms with Crippen LogP contribution in [0.3, 0.4) is 0 Å². The fourth-order valence-corrected chi connectivity index (χ4v) is 3.55. The second-order valence-electron chi connectivity index (χ2n) is 2.98. The third-order valence-electron chi connectivity index (χ3n) is 1.94. The fraction of sp³-hybridized carbons (Fsp3) is 0.182. The molecule has 0 atom stereocenters. The third-order valence-corrected chi connectivity index (χ3v) is 5.21. The summed E-state index contributed by atoms with van der Waals surface area (Å²) in [5.74, 6) is -0.592. The Bertz CT molecular complexity index is 536. The number of sulfone groups is 1. The first kappa shape index (κ1) is 13.7. The van der Waals surface area contributed by atoms with Crippen LogP contribution >= 0.6 is 11.3 Å². The minimum Gasteiger partial charge on any atom is -0.466 e. The van der Waals surface area contributed by atoms with Gasteiger partial charge in [0, 0.05) is 6.08 Å². The maximum Gasteiger partial charge on any atom is 0.330 e. The maximum absolute atomic E-state index is 12.1. The summed E-state index contributed by atoms with van der Waals surface area (Å²) in [5, 5.41) is 1.68. The van der Waals surface area contributed by atoms with Gasteiger partial charge >= 0.3 is 5.97 Å². The number of hydrogen-bond acceptors (Lipinski definition) is 5. The molecule has 1 heterocycles. The van der Waals surface area contributed by atoms with Gasteiger partial charge in [-0.15, -0.1) is 11.3 Å². The number of carbonyl (C=O) groups excluding carboxylic acids is 1. The van der Waals surface area contributed by atoms with Gasteiger partial charge in [0.25, 0.3) is 0 Å². The summed E-state index contributed by atoms with van der Waals surface area (Å²) in [7, 11) is -2.29. The molecule has 0 aliphatic carbocycles. The Hall–Kier alpha value is -1.40. The van der Waals surface area contributed by atoms with Gasteiger partial charge in [0.15, 0.2) is 0 Å². The van der Waals surface area contributed by atoms with Gasteiger partial charge in [-0.05, 0) is 24.4 Å². The summed E-state index contributed by atoms with van der Waals surface area (Å²) < 4.78 is 28.8. The average Bonchev–Trinajstić information content (AvgIpc) is 2.83. The van der Waals surface area contributed by atoms with Gasteiger partial charge in [0.1, 0.15) is 4.21 Å². The molecule has 0 bridgehead atoms. The Morgan fingerprint density at radius 3 is 2.59 bits per heavy atom. The summed E-state index contributed by atoms with van der Waals surface area (Å²) in [6, 6.07) is 3.18. The number of methoxy groups -OCH3 is 1. The number of esters is 1. The van der Waals surface area contributed by atoms with E-state index in [-0.39, 0.29) is 9.11 Å². The summed E-state index contributed by atoms with van der Waals surface area (Å²) >= 11 is 1.13. The lowest BCUT2D eigenvalue weighted by molar-refractivity contribution is -0.134. The van der Waals surface area contributed by atoms with Crippen LogP contribution in [0.15, 0.2) is 44.9 Å². The number of allylic oxidation sites excluding steroid dienone is 2. The molecule has 17 heavy (non-hydrogen) atoms. The SMILES string of the molecule is C/C=C(\C=C\C(=O)OC)S(=O)(=O)c1cccs1. The molecule has 0 N–H and O–H groups in total. The normalized spacial score (nSPS) is 12.9. The molecule has 0 spiro atoms. The molecule has 92 valence electrons. The first-order valence-electron chi connectivity index (χ1n) is 4.73. The maximum atomic E-state index is 12.1. The van der Waals surface area contributed by atoms with Crippen LogP contribution in [0, 0.1) is 0 Å². The standard InChI is InChI=1S/C11H12O4S2/c1-3-9(6-7-10(12)15-2)17(13,14)11-5-4-8-16-11/h3-8H,1-2H3/b7-6+,9-3+. The van der Waals surface area contributed by atoms with E-state index in [1.165, 1.54) is 25.3 Å². The van der Waals surface area contributed by atoms with E-state index in [4.69, 9.17) is 0 Å². The quantitative estimate of drug-likeness (QED) is 0.479. The lowest BCUT2D eigenvalue weighted by atomic mass is 10.4. The van der Waals surface area contributed by atoms with Gasteiger partial charge in [0.05, 0.1) is 12.0 Å². The number of carbonyl (C=O) groups is 1. The van der Waals surface area contributed by atoms with E-state index in [0.29, 0.717) is 0 Å². The smallest absolute Gasteiger partial charge is 0.330 e. The van der Waals surface area contributed by atoms with E-state index in [2.05, 4.69) is 4.74 Å². The van der Waals surface area contributed by atoms with Crippen molar-refractivity contribution in [2.75, 3.05) is 7.11 Å². The Kier molecular flexibility index (Phi) is 4.65. The van der Waals surface area contributed by atoms with Crippen molar-refractivity contribution in [1.82, 2.24) is 0 Å². The predicted octanol–water partition coefficient (Wildman–Crippen LogP) is 2.15. The fourth-order valence-electron chi connectivity index (χ4n) is 1.09. The zero-order valence-corrected chi connectivity index (χ0v) is 11.0. The van der Waals surface area contributed by atoms with E-state index in [0.717, 1.165) is 17.4 Å². The second kappa shape index (κ2) is 5.79. The minimum atomic E-state index is -3.53. The highest BCUT2D eigenvalue weighted by Crippen LogP contribution is 2.24. The van der Waals surface area contributed by atoms with Gasteiger partial charge in [0.2, 0.25) is 9.84 Å². The minimum absolute atomic E-state index is 0.0744. The molecular weight excluding hydrogens is 260 g/mol. The van der Waals surface area contributed by atoms with E-state index < -0.39 is 15.8 Å². The van der Waals surface area contributed by atoms with Crippen LogP contribution in [0.2, 0.25) is 0 Å². The highest BCUT2D eigenvalue weighted by molar-refractivity contribution is 7.97. The van der Waals surface area contributed by atoms with Crippen molar-refractivity contribution in [2.45, 2.75) is 11.1 Å². The Balaban J connectivity index is 3.05. The number of ether oxygens (including phenoxy) is 1. The number of rotatable bonds is 4. The van der Waals surface area contributed by atoms with Gasteiger partial charge in [-0.1, -0.05) is 12.1 Å². The average molecular weight is 272 g/mol. The number of hydrogen-bond donors (Lipinski definition) is 0. The molecule has 0 aromatic carbocycles. The van der Waals surface area contributed by atoms with Gasteiger partial charge in [-0.25, -0.2) is 13.2 Å². The van der Waals surface area contributed by atoms with Crippen molar-refractivity contribution in [2.24, 2.45) is 0 Å². The summed E-state index contributed by atoms with van der Waals surface area (Å²) in [6.45, 7) is 1.60. The summed E-state index contributed by atoms with van der Waals surface area (Å²) in [4.78, 5) is 11.0. The Labute approximate surface area is 104 Å². The first-order valence-corrected chi connectivity index (χ1v) is 7.09. The van der Waals surface area contributed by atoms with Crippen LogP contribution < -0.4 is 0 Å². The Morgan fingerprint density at radius 2 is 2.12 bits per heavy atom. The molecule has 0 aliphatic rings. The molecule has 1 aromatic rings. The second-order valence-corrected chi connectivity index (χ2v) is 6.11. The summed E-state index contributed by atoms with van der Waals surface area (Å²) in [5.41, 5.74) is 0. The van der Waals surface area contributed by atoms with Crippen molar-refractivity contribution >= 4 is 27.1 Å². The van der Waals surface area contributed by atoms with E-state index in [1.807, 2.05) is 0 Å². The van der Waals surface area contributed by atoms with Gasteiger partial charge in [-0.2, -0.15) is 0 Å². The largest absolute Gasteiger partial charge is 0.466 e. The summed E-state index contributed by atoms with van der Waals surface area (Å²) in [6.07, 6.45) is 3.76. The van der Waals surface area contributed by atoms with Crippen LogP contribution in [0.4, 0.5) is 0 Å². The van der Waals surface area contributed by atoms with Crippen molar-refractivity contribution in [3.05, 3.63) is 40.6 Å². The predicted molar refractivity (Wildman–Crippen MR) is 66.4 cm³/mol. The molecule has 0 aliphatic heterocycles. The van der Waals surface area contributed by atoms with Gasteiger partial charge < -0.3 is 4.74 Å². The van der Waals surface area contributed by atoms with Gasteiger partial charge in [-0.3, -0.25) is 0 Å². The van der Waals surface area contributed by atoms with Crippen LogP contribution in [0.5, 0.6) is 0 Å². The zero-order valence-electron chi connectivity index (χ0n) is 9.41. The third kappa shape index (κ3) is 3.28. The molecule has 0 saturated heterocycles. The van der Waals surface area contributed by atoms with E-state index >= 15 is 0 Å². The first-order chi connectivity index (χ1) is 8.02. The monoisotopic (exact) mass is 272 g/mol. The van der Waals surface area contributed by atoms with Crippen LogP contribution in [0.25, 0.3) is 0 Å². The molecule has 0 saturated carbocycles. The number of thiophene rings is 1. The lowest BCUT2D eigenvalue weighted by Crippen LogP contribution is -2.02. The Morgan fingerprint density at radius 1 is 1.41 bits per heavy atom. The van der Waals surface area contributed by atoms with Crippen LogP contribution in [-0.2, 0) is 19.4 Å². The van der Waals surface area contributed by atoms with Crippen molar-refractivity contribution in [1.29, 1.82) is 0 Å². The van der Waals surface area contributed by atoms with Crippen molar-refractivity contribution < 1.29 is 17.9 Å². The molecule has 0 unspecified atom stereocenters. The zero-order chi connectivity index (χ0) is 12.9. The topological polar surface area (TPSA) is 60.4 Å². The highest BCUT2D eigenvalue weighted by atomic mass is 32.2. The van der Waals surface area contributed by atoms with Crippen molar-refractivity contribution in [3.63, 3.8) is 0 Å². The van der Waals surface area contributed by atoms with Crippen LogP contribution in [-0.4, -0.2) is 21.5 Å². The molecule has 0 amide bonds. The molecule has 0 radical (unpaired) electrons. The molecule has 1 rings (SSSR count). The molecule has 6 heteroatoms. The van der Waals surface area contributed by atoms with Crippen molar-refractivity contribution in [3.8, 4) is 0 Å². The molecule has 1 aromatic heterocycles. The van der Waals surface area contributed by atoms with Crippen LogP contribution in [0.1, 0.15) is 6.92 Å². The molecular formula is C11H12O4S2. The molecule has 4 nitrogen and oxygen atoms in total. The van der Waals surface area contributed by atoms with E-state index in [9.17, 15) is 13.2 Å².